The first-order valence-corrected chi connectivity index (χ1v) is 11.8. The third-order valence-electron chi connectivity index (χ3n) is 3.42. The molecule has 0 saturated heterocycles. The van der Waals surface area contributed by atoms with Gasteiger partial charge in [0.25, 0.3) is 0 Å². The molecule has 0 aromatic heterocycles. The van der Waals surface area contributed by atoms with Crippen molar-refractivity contribution in [3.8, 4) is 0 Å². The molecule has 0 amide bonds. The fourth-order valence-corrected chi connectivity index (χ4v) is 9.49. The zero-order valence-corrected chi connectivity index (χ0v) is 17.0. The van der Waals surface area contributed by atoms with Crippen LogP contribution in [0.2, 0.25) is 0 Å². The summed E-state index contributed by atoms with van der Waals surface area (Å²) in [4.78, 5) is 0. The Morgan fingerprint density at radius 1 is 1.00 bits per heavy atom. The van der Waals surface area contributed by atoms with Gasteiger partial charge in [0, 0.05) is 5.25 Å². The molecule has 0 fully saturated rings. The van der Waals surface area contributed by atoms with Crippen LogP contribution in [-0.4, -0.2) is 16.5 Å². The van der Waals surface area contributed by atoms with Crippen LogP contribution in [0.3, 0.4) is 0 Å². The number of hydrogen-bond donors (Lipinski definition) is 0. The molecule has 0 spiro atoms. The second-order valence-electron chi connectivity index (χ2n) is 6.56. The standard InChI is InChI=1S/C15H33O2PS2/c1-9-12-13(4)20-18(19,16-14(5,6)10-2)17-15(7,8)11-3/h13H,9-12H2,1-8H3. The molecule has 5 heteroatoms. The first-order valence-electron chi connectivity index (χ1n) is 7.69. The molecule has 0 aromatic rings. The quantitative estimate of drug-likeness (QED) is 0.420. The lowest BCUT2D eigenvalue weighted by Crippen LogP contribution is -2.26. The summed E-state index contributed by atoms with van der Waals surface area (Å²) >= 11 is 7.59. The Morgan fingerprint density at radius 3 is 1.70 bits per heavy atom. The van der Waals surface area contributed by atoms with Crippen molar-refractivity contribution >= 4 is 28.9 Å². The van der Waals surface area contributed by atoms with Gasteiger partial charge in [-0.25, -0.2) is 0 Å². The zero-order valence-electron chi connectivity index (χ0n) is 14.5. The highest BCUT2D eigenvalue weighted by atomic mass is 32.9. The van der Waals surface area contributed by atoms with Crippen LogP contribution in [0.4, 0.5) is 0 Å². The molecule has 0 aliphatic rings. The highest BCUT2D eigenvalue weighted by Crippen LogP contribution is 2.67. The van der Waals surface area contributed by atoms with Gasteiger partial charge in [-0.05, 0) is 58.8 Å². The van der Waals surface area contributed by atoms with E-state index in [0.29, 0.717) is 5.25 Å². The minimum atomic E-state index is -2.33. The van der Waals surface area contributed by atoms with E-state index in [9.17, 15) is 0 Å². The van der Waals surface area contributed by atoms with Crippen LogP contribution in [-0.2, 0) is 20.9 Å². The molecule has 0 N–H and O–H groups in total. The third-order valence-corrected chi connectivity index (χ3v) is 9.24. The number of rotatable bonds is 10. The van der Waals surface area contributed by atoms with Gasteiger partial charge in [0.15, 0.2) is 0 Å². The average Bonchev–Trinajstić information content (AvgIpc) is 2.27. The molecule has 0 aliphatic carbocycles. The predicted octanol–water partition coefficient (Wildman–Crippen LogP) is 6.54. The fourth-order valence-electron chi connectivity index (χ4n) is 1.48. The molecule has 0 rings (SSSR count). The van der Waals surface area contributed by atoms with E-state index in [2.05, 4.69) is 55.4 Å². The molecule has 0 aromatic carbocycles. The minimum Gasteiger partial charge on any atom is -0.316 e. The maximum atomic E-state index is 6.30. The first kappa shape index (κ1) is 20.9. The highest BCUT2D eigenvalue weighted by molar-refractivity contribution is 8.68. The van der Waals surface area contributed by atoms with Crippen LogP contribution in [0.5, 0.6) is 0 Å². The van der Waals surface area contributed by atoms with E-state index in [-0.39, 0.29) is 11.2 Å². The molecule has 0 radical (unpaired) electrons. The maximum Gasteiger partial charge on any atom is 0.248 e. The van der Waals surface area contributed by atoms with E-state index < -0.39 is 5.69 Å². The van der Waals surface area contributed by atoms with Gasteiger partial charge in [-0.1, -0.05) is 45.5 Å². The van der Waals surface area contributed by atoms with Crippen molar-refractivity contribution in [1.82, 2.24) is 0 Å². The van der Waals surface area contributed by atoms with Crippen molar-refractivity contribution < 1.29 is 9.05 Å². The van der Waals surface area contributed by atoms with E-state index in [1.54, 1.807) is 11.4 Å². The van der Waals surface area contributed by atoms with Gasteiger partial charge >= 0.3 is 0 Å². The Labute approximate surface area is 135 Å². The van der Waals surface area contributed by atoms with Crippen molar-refractivity contribution in [3.63, 3.8) is 0 Å². The van der Waals surface area contributed by atoms with Crippen molar-refractivity contribution in [2.75, 3.05) is 0 Å². The van der Waals surface area contributed by atoms with Crippen LogP contribution in [0.15, 0.2) is 0 Å². The van der Waals surface area contributed by atoms with Crippen molar-refractivity contribution in [2.45, 2.75) is 97.5 Å². The summed E-state index contributed by atoms with van der Waals surface area (Å²) in [6.45, 7) is 17.1. The summed E-state index contributed by atoms with van der Waals surface area (Å²) in [6, 6.07) is 0. The van der Waals surface area contributed by atoms with E-state index in [1.807, 2.05) is 0 Å². The normalized spacial score (nSPS) is 15.4. The summed E-state index contributed by atoms with van der Waals surface area (Å²) in [7, 11) is 0. The SMILES string of the molecule is CCCC(C)SP(=S)(OC(C)(C)CC)OC(C)(C)CC. The van der Waals surface area contributed by atoms with Crippen LogP contribution in [0.25, 0.3) is 0 Å². The average molecular weight is 341 g/mol. The van der Waals surface area contributed by atoms with E-state index >= 15 is 0 Å². The van der Waals surface area contributed by atoms with Gasteiger partial charge in [0.2, 0.25) is 5.69 Å². The summed E-state index contributed by atoms with van der Waals surface area (Å²) in [6.07, 6.45) is 4.18. The zero-order chi connectivity index (χ0) is 16.0. The van der Waals surface area contributed by atoms with Crippen molar-refractivity contribution in [1.29, 1.82) is 0 Å². The summed E-state index contributed by atoms with van der Waals surface area (Å²) in [5.74, 6) is 0. The Hall–Kier alpha value is 0.920. The summed E-state index contributed by atoms with van der Waals surface area (Å²) in [5.41, 5.74) is -2.78. The molecule has 2 nitrogen and oxygen atoms in total. The van der Waals surface area contributed by atoms with Gasteiger partial charge in [0.1, 0.15) is 0 Å². The lowest BCUT2D eigenvalue weighted by molar-refractivity contribution is 0.0562. The molecule has 0 saturated carbocycles. The van der Waals surface area contributed by atoms with Gasteiger partial charge in [-0.2, -0.15) is 0 Å². The smallest absolute Gasteiger partial charge is 0.248 e. The lowest BCUT2D eigenvalue weighted by Gasteiger charge is -2.37. The molecule has 122 valence electrons. The molecule has 0 heterocycles. The Bertz CT molecular complexity index is 308. The highest BCUT2D eigenvalue weighted by Gasteiger charge is 2.35. The van der Waals surface area contributed by atoms with Crippen molar-refractivity contribution in [2.24, 2.45) is 0 Å². The Kier molecular flexibility index (Phi) is 8.92. The molecular weight excluding hydrogens is 307 g/mol. The van der Waals surface area contributed by atoms with Crippen LogP contribution >= 0.6 is 17.1 Å². The van der Waals surface area contributed by atoms with Crippen molar-refractivity contribution in [3.05, 3.63) is 0 Å². The topological polar surface area (TPSA) is 18.5 Å². The second kappa shape index (κ2) is 8.53. The maximum absolute atomic E-state index is 6.30. The van der Waals surface area contributed by atoms with Gasteiger partial charge in [-0.3, -0.25) is 0 Å². The molecule has 20 heavy (non-hydrogen) atoms. The Balaban J connectivity index is 5.08. The van der Waals surface area contributed by atoms with E-state index in [0.717, 1.165) is 25.7 Å². The first-order chi connectivity index (χ1) is 8.99. The fraction of sp³-hybridized carbons (Fsp3) is 1.00. The molecule has 1 unspecified atom stereocenters. The molecule has 0 aliphatic heterocycles. The van der Waals surface area contributed by atoms with Gasteiger partial charge < -0.3 is 9.05 Å². The van der Waals surface area contributed by atoms with Crippen LogP contribution in [0.1, 0.15) is 81.1 Å². The Morgan fingerprint density at radius 2 is 1.40 bits per heavy atom. The van der Waals surface area contributed by atoms with Gasteiger partial charge in [0.05, 0.1) is 11.2 Å². The van der Waals surface area contributed by atoms with E-state index in [1.165, 1.54) is 0 Å². The largest absolute Gasteiger partial charge is 0.316 e. The van der Waals surface area contributed by atoms with Gasteiger partial charge in [-0.15, -0.1) is 0 Å². The lowest BCUT2D eigenvalue weighted by atomic mass is 10.1. The second-order valence-corrected chi connectivity index (χ2v) is 13.0. The summed E-state index contributed by atoms with van der Waals surface area (Å²) in [5, 5.41) is 0.478. The monoisotopic (exact) mass is 340 g/mol. The van der Waals surface area contributed by atoms with E-state index in [4.69, 9.17) is 20.9 Å². The summed E-state index contributed by atoms with van der Waals surface area (Å²) < 4.78 is 12.6. The third kappa shape index (κ3) is 8.38. The van der Waals surface area contributed by atoms with Crippen LogP contribution < -0.4 is 0 Å². The van der Waals surface area contributed by atoms with Crippen LogP contribution in [0, 0.1) is 0 Å². The molecule has 1 atom stereocenters. The molecule has 0 bridgehead atoms. The minimum absolute atomic E-state index is 0.224. The predicted molar refractivity (Wildman–Crippen MR) is 97.2 cm³/mol. The molecular formula is C15H33O2PS2. The number of hydrogen-bond acceptors (Lipinski definition) is 4.